The van der Waals surface area contributed by atoms with Crippen LogP contribution in [-0.4, -0.2) is 92.9 Å². The predicted octanol–water partition coefficient (Wildman–Crippen LogP) is 5.46. The van der Waals surface area contributed by atoms with E-state index in [0.717, 1.165) is 0 Å². The van der Waals surface area contributed by atoms with Crippen molar-refractivity contribution in [3.05, 3.63) is 86.9 Å². The van der Waals surface area contributed by atoms with Gasteiger partial charge in [-0.15, -0.1) is 0 Å². The van der Waals surface area contributed by atoms with Crippen molar-refractivity contribution >= 4 is 29.0 Å². The number of fused-ring (bicyclic) bond motifs is 1. The van der Waals surface area contributed by atoms with Gasteiger partial charge in [0.25, 0.3) is 0 Å². The van der Waals surface area contributed by atoms with Crippen molar-refractivity contribution in [3.8, 4) is 34.0 Å². The van der Waals surface area contributed by atoms with Crippen LogP contribution >= 0.6 is 23.2 Å². The van der Waals surface area contributed by atoms with Crippen LogP contribution in [0.2, 0.25) is 10.0 Å². The Balaban J connectivity index is 1.26. The van der Waals surface area contributed by atoms with Crippen LogP contribution in [0.25, 0.3) is 22.4 Å². The fraction of sp³-hybridized carbons (Fsp3) is 0.371. The van der Waals surface area contributed by atoms with Gasteiger partial charge in [-0.05, 0) is 18.9 Å². The summed E-state index contributed by atoms with van der Waals surface area (Å²) in [5.74, 6) is -0.149. The summed E-state index contributed by atoms with van der Waals surface area (Å²) >= 11 is 13.9. The second-order valence-electron chi connectivity index (χ2n) is 12.5. The third-order valence-electron chi connectivity index (χ3n) is 8.64. The predicted molar refractivity (Wildman–Crippen MR) is 180 cm³/mol. The van der Waals surface area contributed by atoms with Crippen molar-refractivity contribution in [1.82, 2.24) is 24.8 Å². The fourth-order valence-electron chi connectivity index (χ4n) is 6.40. The van der Waals surface area contributed by atoms with Crippen LogP contribution in [0.15, 0.2) is 48.7 Å². The highest BCUT2D eigenvalue weighted by Gasteiger charge is 2.37. The van der Waals surface area contributed by atoms with Gasteiger partial charge >= 0.3 is 6.61 Å². The first-order valence-electron chi connectivity index (χ1n) is 15.7. The molecule has 4 aromatic rings. The second kappa shape index (κ2) is 14.6. The molecule has 0 unspecified atom stereocenters. The summed E-state index contributed by atoms with van der Waals surface area (Å²) in [6.45, 7) is 1.43. The van der Waals surface area contributed by atoms with Gasteiger partial charge in [0.15, 0.2) is 5.78 Å². The van der Waals surface area contributed by atoms with Crippen LogP contribution in [0.4, 0.5) is 8.78 Å². The number of ketones is 1. The average Bonchev–Trinajstić information content (AvgIpc) is 3.05. The number of halogens is 4. The van der Waals surface area contributed by atoms with Gasteiger partial charge in [-0.3, -0.25) is 19.6 Å². The molecule has 14 heteroatoms. The first-order valence-corrected chi connectivity index (χ1v) is 16.5. The number of rotatable bonds is 12. The van der Waals surface area contributed by atoms with E-state index in [2.05, 4.69) is 15.0 Å². The Kier molecular flexibility index (Phi) is 10.4. The Morgan fingerprint density at radius 1 is 1.06 bits per heavy atom. The molecule has 0 aliphatic carbocycles. The van der Waals surface area contributed by atoms with Crippen molar-refractivity contribution in [2.75, 3.05) is 39.9 Å². The molecule has 258 valence electrons. The topological polar surface area (TPSA) is 121 Å². The SMILES string of the molecule is COc1nc(-c2cccc(-c3cccc(CC(=O)c4cc(OC(F)F)c5c(n4)CN(CCO)CC5)c3Cl)c2Cl)cnc1CN1CC(C)(O)C1. The quantitative estimate of drug-likeness (QED) is 0.183. The number of aromatic nitrogens is 3. The Bertz CT molecular complexity index is 1870. The largest absolute Gasteiger partial charge is 0.480 e. The summed E-state index contributed by atoms with van der Waals surface area (Å²) in [5.41, 5.74) is 3.68. The number of benzene rings is 2. The molecule has 10 nitrogen and oxygen atoms in total. The lowest BCUT2D eigenvalue weighted by atomic mass is 9.96. The molecule has 2 N–H and O–H groups in total. The maximum atomic E-state index is 13.6. The van der Waals surface area contributed by atoms with Gasteiger partial charge in [0.1, 0.15) is 17.1 Å². The van der Waals surface area contributed by atoms with E-state index < -0.39 is 18.0 Å². The molecule has 1 saturated heterocycles. The molecule has 4 heterocycles. The molecule has 2 aromatic carbocycles. The number of Topliss-reactive ketones (excluding diaryl/α,β-unsaturated/α-hetero) is 1. The number of methoxy groups -OCH3 is 1. The van der Waals surface area contributed by atoms with Crippen molar-refractivity contribution < 1.29 is 33.3 Å². The number of nitrogens with zero attached hydrogens (tertiary/aromatic N) is 5. The van der Waals surface area contributed by atoms with Crippen LogP contribution in [0.5, 0.6) is 11.6 Å². The van der Waals surface area contributed by atoms with Crippen LogP contribution in [0.1, 0.15) is 39.9 Å². The molecule has 49 heavy (non-hydrogen) atoms. The van der Waals surface area contributed by atoms with Crippen LogP contribution in [0, 0.1) is 0 Å². The lowest BCUT2D eigenvalue weighted by Crippen LogP contribution is -2.59. The van der Waals surface area contributed by atoms with Crippen LogP contribution < -0.4 is 9.47 Å². The van der Waals surface area contributed by atoms with E-state index in [-0.39, 0.29) is 24.5 Å². The van der Waals surface area contributed by atoms with E-state index >= 15 is 0 Å². The smallest absolute Gasteiger partial charge is 0.387 e. The molecule has 6 rings (SSSR count). The Morgan fingerprint density at radius 2 is 1.78 bits per heavy atom. The van der Waals surface area contributed by atoms with Gasteiger partial charge in [0.2, 0.25) is 5.88 Å². The Labute approximate surface area is 292 Å². The molecule has 2 aliphatic heterocycles. The monoisotopic (exact) mass is 713 g/mol. The highest BCUT2D eigenvalue weighted by atomic mass is 35.5. The number of ether oxygens (including phenoxy) is 2. The van der Waals surface area contributed by atoms with Gasteiger partial charge in [0, 0.05) is 74.0 Å². The minimum Gasteiger partial charge on any atom is -0.480 e. The number of aliphatic hydroxyl groups is 2. The lowest BCUT2D eigenvalue weighted by molar-refractivity contribution is -0.0878. The lowest BCUT2D eigenvalue weighted by Gasteiger charge is -2.44. The zero-order valence-electron chi connectivity index (χ0n) is 26.9. The summed E-state index contributed by atoms with van der Waals surface area (Å²) in [7, 11) is 1.52. The first kappa shape index (κ1) is 35.1. The van der Waals surface area contributed by atoms with Crippen LogP contribution in [0.3, 0.4) is 0 Å². The molecule has 0 radical (unpaired) electrons. The van der Waals surface area contributed by atoms with Crippen molar-refractivity contribution in [2.24, 2.45) is 0 Å². The molecule has 0 saturated carbocycles. The summed E-state index contributed by atoms with van der Waals surface area (Å²) in [4.78, 5) is 31.3. The third kappa shape index (κ3) is 7.69. The third-order valence-corrected chi connectivity index (χ3v) is 9.49. The van der Waals surface area contributed by atoms with E-state index in [9.17, 15) is 23.8 Å². The number of carbonyl (C=O) groups is 1. The van der Waals surface area contributed by atoms with Crippen LogP contribution in [-0.2, 0) is 25.9 Å². The van der Waals surface area contributed by atoms with Gasteiger partial charge in [-0.1, -0.05) is 59.6 Å². The number of β-amino-alcohol motifs (C(OH)–C–C–N with tert-alkyl or cyclic N) is 2. The van der Waals surface area contributed by atoms with Crippen molar-refractivity contribution in [3.63, 3.8) is 0 Å². The van der Waals surface area contributed by atoms with Crippen molar-refractivity contribution in [1.29, 1.82) is 0 Å². The molecule has 0 bridgehead atoms. The Morgan fingerprint density at radius 3 is 2.47 bits per heavy atom. The van der Waals surface area contributed by atoms with Crippen molar-refractivity contribution in [2.45, 2.75) is 45.1 Å². The molecule has 1 fully saturated rings. The normalized spacial score (nSPS) is 15.9. The fourth-order valence-corrected chi connectivity index (χ4v) is 7.02. The summed E-state index contributed by atoms with van der Waals surface area (Å²) < 4.78 is 37.0. The number of aliphatic hydroxyl groups excluding tert-OH is 1. The maximum Gasteiger partial charge on any atom is 0.387 e. The van der Waals surface area contributed by atoms with Gasteiger partial charge < -0.3 is 19.7 Å². The second-order valence-corrected chi connectivity index (χ2v) is 13.2. The molecule has 0 amide bonds. The molecule has 2 aromatic heterocycles. The van der Waals surface area contributed by atoms with E-state index in [1.807, 2.05) is 28.0 Å². The zero-order chi connectivity index (χ0) is 34.9. The number of likely N-dealkylation sites (tertiary alicyclic amines) is 1. The molecule has 0 atom stereocenters. The molecule has 2 aliphatic rings. The number of alkyl halides is 2. The summed E-state index contributed by atoms with van der Waals surface area (Å²) in [6, 6.07) is 12.0. The number of hydrogen-bond acceptors (Lipinski definition) is 10. The number of carbonyl (C=O) groups excluding carboxylic acids is 1. The molecule has 0 spiro atoms. The van der Waals surface area contributed by atoms with E-state index in [0.29, 0.717) is 107 Å². The van der Waals surface area contributed by atoms with E-state index in [4.69, 9.17) is 32.7 Å². The van der Waals surface area contributed by atoms with Gasteiger partial charge in [0.05, 0.1) is 46.9 Å². The van der Waals surface area contributed by atoms with E-state index in [1.165, 1.54) is 13.2 Å². The number of hydrogen-bond donors (Lipinski definition) is 2. The number of pyridine rings is 1. The molecular formula is C35H35Cl2F2N5O5. The maximum absolute atomic E-state index is 13.6. The first-order chi connectivity index (χ1) is 23.5. The van der Waals surface area contributed by atoms with Gasteiger partial charge in [-0.2, -0.15) is 8.78 Å². The van der Waals surface area contributed by atoms with E-state index in [1.54, 1.807) is 31.3 Å². The van der Waals surface area contributed by atoms with Gasteiger partial charge in [-0.25, -0.2) is 9.97 Å². The molecular weight excluding hydrogens is 679 g/mol. The summed E-state index contributed by atoms with van der Waals surface area (Å²) in [6.07, 6.45) is 1.87. The summed E-state index contributed by atoms with van der Waals surface area (Å²) in [5, 5.41) is 20.1. The highest BCUT2D eigenvalue weighted by Crippen LogP contribution is 2.40. The average molecular weight is 715 g/mol. The zero-order valence-corrected chi connectivity index (χ0v) is 28.4. The standard InChI is InChI=1S/C35H35Cl2F2N5O5/c1-35(47)18-44(19-35)17-28-33(48-2)42-26(15-40-28)24-8-4-7-22(32(24)37)21-6-3-5-20(31(21)36)13-29(46)25-14-30(49-34(38)39)23-9-10-43(11-12-45)16-27(23)41-25/h3-8,14-15,34,45,47H,9-13,16-19H2,1-2H3. The minimum atomic E-state index is -3.06. The minimum absolute atomic E-state index is 0.0165. The highest BCUT2D eigenvalue weighted by molar-refractivity contribution is 6.38. The Hall–Kier alpha value is -3.78.